The molecule has 8 heteroatoms. The zero-order chi connectivity index (χ0) is 10.9. The van der Waals surface area contributed by atoms with Crippen LogP contribution in [0.3, 0.4) is 0 Å². The van der Waals surface area contributed by atoms with Crippen LogP contribution in [0.1, 0.15) is 25.6 Å². The molecule has 0 unspecified atom stereocenters. The smallest absolute Gasteiger partial charge is 0.358 e. The quantitative estimate of drug-likeness (QED) is 0.533. The van der Waals surface area contributed by atoms with Crippen molar-refractivity contribution >= 4 is 5.82 Å². The van der Waals surface area contributed by atoms with E-state index in [0.29, 0.717) is 4.68 Å². The normalized spacial score (nSPS) is 10.5. The number of imidazole rings is 1. The van der Waals surface area contributed by atoms with Crippen molar-refractivity contribution in [2.75, 3.05) is 0 Å². The maximum atomic E-state index is 10.5. The highest BCUT2D eigenvalue weighted by atomic mass is 16.7. The third kappa shape index (κ3) is 1.68. The third-order valence-electron chi connectivity index (χ3n) is 1.58. The van der Waals surface area contributed by atoms with Crippen molar-refractivity contribution in [3.8, 4) is 0 Å². The van der Waals surface area contributed by atoms with Gasteiger partial charge in [0.1, 0.15) is 0 Å². The van der Waals surface area contributed by atoms with Gasteiger partial charge in [0.2, 0.25) is 0 Å². The zero-order valence-corrected chi connectivity index (χ0v) is 7.58. The predicted octanol–water partition coefficient (Wildman–Crippen LogP) is 0.954. The number of hydrogen-bond donors (Lipinski definition) is 0. The molecule has 8 nitrogen and oxygen atoms in total. The summed E-state index contributed by atoms with van der Waals surface area (Å²) in [6.45, 7) is 3.35. The van der Waals surface area contributed by atoms with E-state index < -0.39 is 15.8 Å². The largest absolute Gasteiger partial charge is 0.388 e. The molecule has 0 amide bonds. The van der Waals surface area contributed by atoms with E-state index >= 15 is 0 Å². The molecule has 1 aromatic heterocycles. The van der Waals surface area contributed by atoms with Gasteiger partial charge in [-0.2, -0.15) is 0 Å². The monoisotopic (exact) mass is 200 g/mol. The van der Waals surface area contributed by atoms with Crippen LogP contribution in [0.5, 0.6) is 0 Å². The highest BCUT2D eigenvalue weighted by Gasteiger charge is 2.27. The molecule has 0 saturated carbocycles. The number of rotatable bonds is 3. The molecule has 0 aromatic carbocycles. The van der Waals surface area contributed by atoms with E-state index in [-0.39, 0.29) is 11.7 Å². The highest BCUT2D eigenvalue weighted by molar-refractivity contribution is 5.17. The molecular formula is C6H8N4O4. The molecule has 1 rings (SSSR count). The third-order valence-corrected chi connectivity index (χ3v) is 1.58. The molecule has 0 radical (unpaired) electrons. The van der Waals surface area contributed by atoms with E-state index in [1.54, 1.807) is 13.8 Å². The first-order valence-corrected chi connectivity index (χ1v) is 3.81. The van der Waals surface area contributed by atoms with Gasteiger partial charge in [0.15, 0.2) is 11.2 Å². The van der Waals surface area contributed by atoms with Crippen LogP contribution in [0.2, 0.25) is 0 Å². The van der Waals surface area contributed by atoms with Gasteiger partial charge < -0.3 is 10.1 Å². The second kappa shape index (κ2) is 3.40. The molecule has 0 saturated heterocycles. The molecule has 1 heterocycles. The summed E-state index contributed by atoms with van der Waals surface area (Å²) in [7, 11) is 0. The van der Waals surface area contributed by atoms with Crippen molar-refractivity contribution in [1.82, 2.24) is 9.66 Å². The Morgan fingerprint density at radius 2 is 2.00 bits per heavy atom. The van der Waals surface area contributed by atoms with Crippen LogP contribution >= 0.6 is 0 Å². The van der Waals surface area contributed by atoms with E-state index in [4.69, 9.17) is 0 Å². The van der Waals surface area contributed by atoms with Gasteiger partial charge in [-0.05, 0) is 14.6 Å². The first-order valence-electron chi connectivity index (χ1n) is 3.81. The summed E-state index contributed by atoms with van der Waals surface area (Å²) in [6.07, 6.45) is 0.801. The van der Waals surface area contributed by atoms with Gasteiger partial charge >= 0.3 is 5.82 Å². The lowest BCUT2D eigenvalue weighted by Gasteiger charge is -1.95. The summed E-state index contributed by atoms with van der Waals surface area (Å²) in [5.74, 6) is -0.679. The molecule has 76 valence electrons. The minimum Gasteiger partial charge on any atom is -0.358 e. The lowest BCUT2D eigenvalue weighted by Crippen LogP contribution is -2.12. The van der Waals surface area contributed by atoms with E-state index in [1.807, 2.05) is 0 Å². The van der Waals surface area contributed by atoms with Crippen molar-refractivity contribution in [3.05, 3.63) is 32.2 Å². The molecule has 0 aliphatic rings. The number of nitro groups is 2. The van der Waals surface area contributed by atoms with Crippen LogP contribution in [0.15, 0.2) is 6.20 Å². The van der Waals surface area contributed by atoms with E-state index in [2.05, 4.69) is 4.98 Å². The van der Waals surface area contributed by atoms with Gasteiger partial charge in [0, 0.05) is 5.92 Å². The molecule has 0 aliphatic heterocycles. The summed E-state index contributed by atoms with van der Waals surface area (Å²) < 4.78 is 0.572. The van der Waals surface area contributed by atoms with Crippen molar-refractivity contribution < 1.29 is 9.96 Å². The zero-order valence-electron chi connectivity index (χ0n) is 7.58. The van der Waals surface area contributed by atoms with Crippen molar-refractivity contribution in [2.45, 2.75) is 19.8 Å². The Bertz CT molecular complexity index is 383. The number of hydrogen-bond acceptors (Lipinski definition) is 5. The first-order chi connectivity index (χ1) is 6.43. The summed E-state index contributed by atoms with van der Waals surface area (Å²) >= 11 is 0. The Morgan fingerprint density at radius 3 is 2.29 bits per heavy atom. The minimum absolute atomic E-state index is 0.0710. The average molecular weight is 200 g/mol. The second-order valence-corrected chi connectivity index (χ2v) is 2.95. The molecule has 0 aliphatic carbocycles. The van der Waals surface area contributed by atoms with E-state index in [0.717, 1.165) is 6.20 Å². The SMILES string of the molecule is CC(C)c1nc([N+](=O)[O-])cn1[N+](=O)[O-]. The Balaban J connectivity index is 3.26. The Kier molecular flexibility index (Phi) is 2.45. The standard InChI is InChI=1S/C6H8N4O4/c1-4(2)6-7-5(9(11)12)3-8(6)10(13)14/h3-4H,1-2H3. The first kappa shape index (κ1) is 10.1. The molecule has 0 N–H and O–H groups in total. The van der Waals surface area contributed by atoms with E-state index in [9.17, 15) is 20.2 Å². The van der Waals surface area contributed by atoms with Crippen LogP contribution in [0.25, 0.3) is 0 Å². The minimum atomic E-state index is -0.758. The highest BCUT2D eigenvalue weighted by Crippen LogP contribution is 2.17. The van der Waals surface area contributed by atoms with Gasteiger partial charge in [-0.1, -0.05) is 13.8 Å². The maximum Gasteiger partial charge on any atom is 0.388 e. The molecule has 0 spiro atoms. The molecule has 0 bridgehead atoms. The summed E-state index contributed by atoms with van der Waals surface area (Å²) in [5, 5.41) is 20.0. The molecule has 1 aromatic rings. The molecule has 14 heavy (non-hydrogen) atoms. The lowest BCUT2D eigenvalue weighted by atomic mass is 10.2. The fraction of sp³-hybridized carbons (Fsp3) is 0.500. The Labute approximate surface area is 78.4 Å². The van der Waals surface area contributed by atoms with Crippen molar-refractivity contribution in [2.24, 2.45) is 0 Å². The average Bonchev–Trinajstić information content (AvgIpc) is 2.47. The van der Waals surface area contributed by atoms with Crippen LogP contribution in [0.4, 0.5) is 5.82 Å². The maximum absolute atomic E-state index is 10.5. The van der Waals surface area contributed by atoms with Crippen LogP contribution in [-0.4, -0.2) is 19.6 Å². The second-order valence-electron chi connectivity index (χ2n) is 2.95. The van der Waals surface area contributed by atoms with Gasteiger partial charge in [-0.25, -0.2) is 10.1 Å². The molecule has 0 fully saturated rings. The van der Waals surface area contributed by atoms with Gasteiger partial charge in [-0.15, -0.1) is 0 Å². The Hall–Kier alpha value is -1.99. The fourth-order valence-electron chi connectivity index (χ4n) is 0.985. The van der Waals surface area contributed by atoms with Gasteiger partial charge in [0.05, 0.1) is 0 Å². The summed E-state index contributed by atoms with van der Waals surface area (Å²) in [6, 6.07) is 0. The summed E-state index contributed by atoms with van der Waals surface area (Å²) in [4.78, 5) is 23.6. The molecule has 0 atom stereocenters. The van der Waals surface area contributed by atoms with E-state index in [1.165, 1.54) is 0 Å². The fourth-order valence-corrected chi connectivity index (χ4v) is 0.985. The van der Waals surface area contributed by atoms with Crippen LogP contribution in [0, 0.1) is 20.2 Å². The topological polar surface area (TPSA) is 104 Å². The molecular weight excluding hydrogens is 192 g/mol. The van der Waals surface area contributed by atoms with Gasteiger partial charge in [0.25, 0.3) is 5.82 Å². The van der Waals surface area contributed by atoms with Crippen molar-refractivity contribution in [3.63, 3.8) is 0 Å². The van der Waals surface area contributed by atoms with Gasteiger partial charge in [-0.3, -0.25) is 0 Å². The van der Waals surface area contributed by atoms with Crippen LogP contribution < -0.4 is 0 Å². The predicted molar refractivity (Wildman–Crippen MR) is 45.4 cm³/mol. The number of nitrogens with zero attached hydrogens (tertiary/aromatic N) is 4. The number of aromatic nitrogens is 2. The Morgan fingerprint density at radius 1 is 1.43 bits per heavy atom. The van der Waals surface area contributed by atoms with Crippen LogP contribution in [-0.2, 0) is 0 Å². The lowest BCUT2D eigenvalue weighted by molar-refractivity contribution is -0.544. The summed E-state index contributed by atoms with van der Waals surface area (Å²) in [5.41, 5.74) is 0. The van der Waals surface area contributed by atoms with Crippen molar-refractivity contribution in [1.29, 1.82) is 0 Å².